The van der Waals surface area contributed by atoms with Gasteiger partial charge in [0, 0.05) is 13.2 Å². The summed E-state index contributed by atoms with van der Waals surface area (Å²) in [6, 6.07) is 0. The minimum Gasteiger partial charge on any atom is -0.499 e. The number of aliphatic hydroxyl groups excluding tert-OH is 1. The number of aliphatic hydroxyl groups is 1. The Bertz CT molecular complexity index is 161. The van der Waals surface area contributed by atoms with E-state index in [1.54, 1.807) is 0 Å². The fourth-order valence-corrected chi connectivity index (χ4v) is 1.16. The van der Waals surface area contributed by atoms with Gasteiger partial charge in [0.05, 0.1) is 25.1 Å². The standard InChI is InChI=1S/C12H24O4/c1-4-14-9-10-16-12(3)6-8-15-11(2)5-7-13/h4,11-13H,1,5-10H2,2-3H3. The summed E-state index contributed by atoms with van der Waals surface area (Å²) in [4.78, 5) is 0. The maximum atomic E-state index is 8.69. The van der Waals surface area contributed by atoms with Crippen LogP contribution in [0.15, 0.2) is 12.8 Å². The normalized spacial score (nSPS) is 14.4. The molecule has 0 aromatic rings. The third-order valence-corrected chi connectivity index (χ3v) is 2.18. The predicted octanol–water partition coefficient (Wildman–Crippen LogP) is 1.73. The van der Waals surface area contributed by atoms with Gasteiger partial charge in [-0.2, -0.15) is 0 Å². The molecule has 4 nitrogen and oxygen atoms in total. The van der Waals surface area contributed by atoms with Gasteiger partial charge in [-0.15, -0.1) is 0 Å². The lowest BCUT2D eigenvalue weighted by atomic mass is 10.3. The van der Waals surface area contributed by atoms with Crippen LogP contribution in [0.3, 0.4) is 0 Å². The maximum absolute atomic E-state index is 8.69. The average Bonchev–Trinajstić information content (AvgIpc) is 2.25. The molecule has 2 atom stereocenters. The first kappa shape index (κ1) is 15.4. The van der Waals surface area contributed by atoms with Crippen LogP contribution in [0.4, 0.5) is 0 Å². The van der Waals surface area contributed by atoms with E-state index in [4.69, 9.17) is 19.3 Å². The third kappa shape index (κ3) is 9.96. The van der Waals surface area contributed by atoms with Crippen LogP contribution in [0.25, 0.3) is 0 Å². The van der Waals surface area contributed by atoms with Gasteiger partial charge in [-0.25, -0.2) is 0 Å². The molecule has 0 rings (SSSR count). The molecule has 1 N–H and O–H groups in total. The topological polar surface area (TPSA) is 47.9 Å². The largest absolute Gasteiger partial charge is 0.499 e. The monoisotopic (exact) mass is 232 g/mol. The Morgan fingerprint density at radius 3 is 2.31 bits per heavy atom. The van der Waals surface area contributed by atoms with Crippen LogP contribution >= 0.6 is 0 Å². The first-order valence-electron chi connectivity index (χ1n) is 5.77. The van der Waals surface area contributed by atoms with Gasteiger partial charge in [0.15, 0.2) is 0 Å². The van der Waals surface area contributed by atoms with Crippen molar-refractivity contribution >= 4 is 0 Å². The van der Waals surface area contributed by atoms with E-state index in [0.29, 0.717) is 26.2 Å². The van der Waals surface area contributed by atoms with Crippen molar-refractivity contribution in [3.05, 3.63) is 12.8 Å². The van der Waals surface area contributed by atoms with E-state index in [1.165, 1.54) is 6.26 Å². The maximum Gasteiger partial charge on any atom is 0.111 e. The van der Waals surface area contributed by atoms with Crippen molar-refractivity contribution in [2.45, 2.75) is 38.9 Å². The van der Waals surface area contributed by atoms with Crippen molar-refractivity contribution < 1.29 is 19.3 Å². The summed E-state index contributed by atoms with van der Waals surface area (Å²) in [5.41, 5.74) is 0. The minimum absolute atomic E-state index is 0.112. The predicted molar refractivity (Wildman–Crippen MR) is 63.3 cm³/mol. The molecule has 0 saturated heterocycles. The van der Waals surface area contributed by atoms with Gasteiger partial charge >= 0.3 is 0 Å². The Balaban J connectivity index is 3.29. The van der Waals surface area contributed by atoms with Crippen LogP contribution < -0.4 is 0 Å². The quantitative estimate of drug-likeness (QED) is 0.435. The number of ether oxygens (including phenoxy) is 3. The Kier molecular flexibility index (Phi) is 10.5. The first-order valence-corrected chi connectivity index (χ1v) is 5.77. The highest BCUT2D eigenvalue weighted by atomic mass is 16.5. The van der Waals surface area contributed by atoms with E-state index in [-0.39, 0.29) is 18.8 Å². The zero-order valence-electron chi connectivity index (χ0n) is 10.4. The Morgan fingerprint density at radius 1 is 1.06 bits per heavy atom. The fourth-order valence-electron chi connectivity index (χ4n) is 1.16. The fraction of sp³-hybridized carbons (Fsp3) is 0.833. The molecule has 16 heavy (non-hydrogen) atoms. The summed E-state index contributed by atoms with van der Waals surface area (Å²) in [6.45, 7) is 9.35. The molecule has 96 valence electrons. The van der Waals surface area contributed by atoms with Crippen molar-refractivity contribution in [1.82, 2.24) is 0 Å². The molecule has 0 bridgehead atoms. The lowest BCUT2D eigenvalue weighted by molar-refractivity contribution is -0.00612. The number of hydrogen-bond acceptors (Lipinski definition) is 4. The molecule has 0 heterocycles. The summed E-state index contributed by atoms with van der Waals surface area (Å²) < 4.78 is 15.9. The summed E-state index contributed by atoms with van der Waals surface area (Å²) >= 11 is 0. The van der Waals surface area contributed by atoms with Gasteiger partial charge < -0.3 is 19.3 Å². The second kappa shape index (κ2) is 10.9. The molecular weight excluding hydrogens is 208 g/mol. The molecule has 0 aliphatic rings. The third-order valence-electron chi connectivity index (χ3n) is 2.18. The van der Waals surface area contributed by atoms with Gasteiger partial charge in [0.1, 0.15) is 6.61 Å². The molecule has 0 fully saturated rings. The van der Waals surface area contributed by atoms with Gasteiger partial charge in [0.25, 0.3) is 0 Å². The smallest absolute Gasteiger partial charge is 0.111 e. The second-order valence-electron chi connectivity index (χ2n) is 3.70. The van der Waals surface area contributed by atoms with Crippen LogP contribution in [0.2, 0.25) is 0 Å². The molecule has 0 aliphatic heterocycles. The van der Waals surface area contributed by atoms with Crippen molar-refractivity contribution in [3.63, 3.8) is 0 Å². The Morgan fingerprint density at radius 2 is 1.69 bits per heavy atom. The molecule has 0 aromatic heterocycles. The SMILES string of the molecule is C=COCCOC(C)CCOC(C)CCO. The highest BCUT2D eigenvalue weighted by molar-refractivity contribution is 4.53. The first-order chi connectivity index (χ1) is 7.70. The Hall–Kier alpha value is -0.580. The van der Waals surface area contributed by atoms with Crippen LogP contribution in [0.1, 0.15) is 26.7 Å². The molecule has 0 radical (unpaired) electrons. The molecular formula is C12H24O4. The summed E-state index contributed by atoms with van der Waals surface area (Å²) in [5.74, 6) is 0. The van der Waals surface area contributed by atoms with E-state index in [1.807, 2.05) is 13.8 Å². The zero-order chi connectivity index (χ0) is 12.2. The van der Waals surface area contributed by atoms with Crippen LogP contribution in [-0.2, 0) is 14.2 Å². The molecule has 0 amide bonds. The van der Waals surface area contributed by atoms with Crippen molar-refractivity contribution in [1.29, 1.82) is 0 Å². The molecule has 0 aromatic carbocycles. The van der Waals surface area contributed by atoms with Crippen LogP contribution in [0.5, 0.6) is 0 Å². The highest BCUT2D eigenvalue weighted by Crippen LogP contribution is 2.02. The Labute approximate surface area is 98.2 Å². The lowest BCUT2D eigenvalue weighted by Gasteiger charge is -2.15. The van der Waals surface area contributed by atoms with Crippen molar-refractivity contribution in [2.24, 2.45) is 0 Å². The van der Waals surface area contributed by atoms with Crippen LogP contribution in [-0.4, -0.2) is 43.7 Å². The second-order valence-corrected chi connectivity index (χ2v) is 3.70. The molecule has 4 heteroatoms. The van der Waals surface area contributed by atoms with Gasteiger partial charge in [-0.05, 0) is 26.7 Å². The van der Waals surface area contributed by atoms with E-state index in [2.05, 4.69) is 6.58 Å². The number of hydrogen-bond donors (Lipinski definition) is 1. The molecule has 0 aliphatic carbocycles. The average molecular weight is 232 g/mol. The summed E-state index contributed by atoms with van der Waals surface area (Å²) in [5, 5.41) is 8.69. The highest BCUT2D eigenvalue weighted by Gasteiger charge is 2.05. The van der Waals surface area contributed by atoms with E-state index < -0.39 is 0 Å². The van der Waals surface area contributed by atoms with E-state index in [9.17, 15) is 0 Å². The summed E-state index contributed by atoms with van der Waals surface area (Å²) in [7, 11) is 0. The molecule has 0 saturated carbocycles. The van der Waals surface area contributed by atoms with Crippen LogP contribution in [0, 0.1) is 0 Å². The van der Waals surface area contributed by atoms with E-state index >= 15 is 0 Å². The van der Waals surface area contributed by atoms with Gasteiger partial charge in [-0.3, -0.25) is 0 Å². The summed E-state index contributed by atoms with van der Waals surface area (Å²) in [6.07, 6.45) is 3.22. The zero-order valence-corrected chi connectivity index (χ0v) is 10.4. The van der Waals surface area contributed by atoms with E-state index in [0.717, 1.165) is 6.42 Å². The van der Waals surface area contributed by atoms with Gasteiger partial charge in [0.2, 0.25) is 0 Å². The number of rotatable bonds is 11. The van der Waals surface area contributed by atoms with Gasteiger partial charge in [-0.1, -0.05) is 6.58 Å². The minimum atomic E-state index is 0.112. The van der Waals surface area contributed by atoms with Crippen molar-refractivity contribution in [2.75, 3.05) is 26.4 Å². The molecule has 0 spiro atoms. The molecule has 2 unspecified atom stereocenters. The lowest BCUT2D eigenvalue weighted by Crippen LogP contribution is -2.17. The van der Waals surface area contributed by atoms with Crippen molar-refractivity contribution in [3.8, 4) is 0 Å².